The van der Waals surface area contributed by atoms with E-state index >= 15 is 0 Å². The van der Waals surface area contributed by atoms with E-state index in [0.717, 1.165) is 25.8 Å². The molecule has 21 heavy (non-hydrogen) atoms. The summed E-state index contributed by atoms with van der Waals surface area (Å²) >= 11 is 0. The second-order valence-corrected chi connectivity index (χ2v) is 7.50. The Hall–Kier alpha value is -1.12. The molecule has 0 aromatic carbocycles. The number of anilines is 1. The van der Waals surface area contributed by atoms with Gasteiger partial charge in [-0.15, -0.1) is 0 Å². The van der Waals surface area contributed by atoms with Crippen molar-refractivity contribution in [1.82, 2.24) is 19.4 Å². The molecule has 3 N–H and O–H groups in total. The predicted molar refractivity (Wildman–Crippen MR) is 82.4 cm³/mol. The fraction of sp³-hybridized carbons (Fsp3) is 0.769. The number of sulfonamides is 1. The maximum Gasteiger partial charge on any atom is 0.246 e. The molecule has 0 bridgehead atoms. The minimum atomic E-state index is -3.61. The fourth-order valence-electron chi connectivity index (χ4n) is 2.65. The average molecular weight is 315 g/mol. The summed E-state index contributed by atoms with van der Waals surface area (Å²) in [5.74, 6) is 0.0666. The lowest BCUT2D eigenvalue weighted by Gasteiger charge is -2.35. The number of hydrogen-bond donors (Lipinski definition) is 2. The third-order valence-corrected chi connectivity index (χ3v) is 5.56. The average Bonchev–Trinajstić information content (AvgIpc) is 2.76. The molecule has 120 valence electrons. The van der Waals surface area contributed by atoms with E-state index < -0.39 is 10.0 Å². The quantitative estimate of drug-likeness (QED) is 0.831. The number of aromatic nitrogens is 2. The molecule has 0 radical (unpaired) electrons. The number of nitrogen functional groups attached to an aromatic ring is 1. The number of piperidine rings is 1. The number of nitrogens with one attached hydrogen (secondary N) is 1. The smallest absolute Gasteiger partial charge is 0.246 e. The van der Waals surface area contributed by atoms with Gasteiger partial charge in [-0.25, -0.2) is 13.1 Å². The molecule has 0 saturated carbocycles. The van der Waals surface area contributed by atoms with E-state index in [-0.39, 0.29) is 16.8 Å². The Morgan fingerprint density at radius 3 is 2.86 bits per heavy atom. The molecule has 0 amide bonds. The zero-order valence-corrected chi connectivity index (χ0v) is 13.7. The van der Waals surface area contributed by atoms with E-state index in [1.165, 1.54) is 6.20 Å². The molecule has 2 heterocycles. The van der Waals surface area contributed by atoms with Gasteiger partial charge in [-0.05, 0) is 39.8 Å². The highest BCUT2D eigenvalue weighted by atomic mass is 32.2. The first-order valence-corrected chi connectivity index (χ1v) is 8.87. The van der Waals surface area contributed by atoms with Gasteiger partial charge in [0.25, 0.3) is 0 Å². The van der Waals surface area contributed by atoms with Gasteiger partial charge in [0.1, 0.15) is 4.90 Å². The van der Waals surface area contributed by atoms with E-state index in [0.29, 0.717) is 12.6 Å². The largest absolute Gasteiger partial charge is 0.381 e. The second-order valence-electron chi connectivity index (χ2n) is 5.81. The zero-order valence-electron chi connectivity index (χ0n) is 12.9. The van der Waals surface area contributed by atoms with Crippen molar-refractivity contribution < 1.29 is 8.42 Å². The number of rotatable bonds is 5. The summed E-state index contributed by atoms with van der Waals surface area (Å²) < 4.78 is 29.3. The van der Waals surface area contributed by atoms with Crippen LogP contribution in [0.15, 0.2) is 11.1 Å². The number of hydrogen-bond acceptors (Lipinski definition) is 5. The van der Waals surface area contributed by atoms with Gasteiger partial charge in [0.15, 0.2) is 5.82 Å². The van der Waals surface area contributed by atoms with Crippen LogP contribution in [0.1, 0.15) is 33.1 Å². The van der Waals surface area contributed by atoms with Crippen LogP contribution in [0, 0.1) is 0 Å². The van der Waals surface area contributed by atoms with Gasteiger partial charge in [-0.2, -0.15) is 5.10 Å². The topological polar surface area (TPSA) is 93.2 Å². The lowest BCUT2D eigenvalue weighted by atomic mass is 10.0. The first kappa shape index (κ1) is 16.3. The van der Waals surface area contributed by atoms with Crippen LogP contribution in [0.2, 0.25) is 0 Å². The van der Waals surface area contributed by atoms with E-state index in [9.17, 15) is 8.42 Å². The summed E-state index contributed by atoms with van der Waals surface area (Å²) in [6.45, 7) is 5.65. The molecule has 7 nitrogen and oxygen atoms in total. The molecule has 1 aromatic heterocycles. The van der Waals surface area contributed by atoms with Crippen molar-refractivity contribution in [2.24, 2.45) is 0 Å². The van der Waals surface area contributed by atoms with Crippen LogP contribution in [0.3, 0.4) is 0 Å². The number of likely N-dealkylation sites (tertiary alicyclic amines) is 1. The molecule has 8 heteroatoms. The highest BCUT2D eigenvalue weighted by Gasteiger charge is 2.29. The minimum absolute atomic E-state index is 0.0462. The van der Waals surface area contributed by atoms with E-state index in [1.54, 1.807) is 4.68 Å². The van der Waals surface area contributed by atoms with Crippen LogP contribution in [-0.2, 0) is 16.6 Å². The number of nitrogens with zero attached hydrogens (tertiary/aromatic N) is 3. The zero-order chi connectivity index (χ0) is 15.6. The monoisotopic (exact) mass is 315 g/mol. The van der Waals surface area contributed by atoms with Gasteiger partial charge < -0.3 is 10.6 Å². The first-order chi connectivity index (χ1) is 9.83. The van der Waals surface area contributed by atoms with Crippen molar-refractivity contribution in [3.63, 3.8) is 0 Å². The van der Waals surface area contributed by atoms with Crippen molar-refractivity contribution in [2.75, 3.05) is 19.3 Å². The molecule has 0 spiro atoms. The first-order valence-electron chi connectivity index (χ1n) is 7.39. The van der Waals surface area contributed by atoms with Crippen LogP contribution in [0.25, 0.3) is 0 Å². The summed E-state index contributed by atoms with van der Waals surface area (Å²) in [4.78, 5) is 2.32. The molecular formula is C13H25N5O2S. The fourth-order valence-corrected chi connectivity index (χ4v) is 4.00. The van der Waals surface area contributed by atoms with E-state index in [1.807, 2.05) is 6.92 Å². The van der Waals surface area contributed by atoms with Gasteiger partial charge in [0.05, 0.1) is 0 Å². The van der Waals surface area contributed by atoms with Crippen molar-refractivity contribution in [1.29, 1.82) is 0 Å². The van der Waals surface area contributed by atoms with Crippen LogP contribution in [-0.4, -0.2) is 48.8 Å². The Kier molecular flexibility index (Phi) is 4.90. The Balaban J connectivity index is 2.11. The molecule has 0 aliphatic carbocycles. The number of aryl methyl sites for hydroxylation is 1. The Bertz CT molecular complexity index is 583. The standard InChI is InChI=1S/C13H25N5O2S/c1-4-6-18-9-12(13(14)15-18)21(19,20)16-11-5-7-17(3)10(2)8-11/h9-11,16H,4-8H2,1-3H3,(H2,14,15). The second kappa shape index (κ2) is 6.33. The maximum atomic E-state index is 12.5. The summed E-state index contributed by atoms with van der Waals surface area (Å²) in [6.07, 6.45) is 4.00. The predicted octanol–water partition coefficient (Wildman–Crippen LogP) is 0.636. The summed E-state index contributed by atoms with van der Waals surface area (Å²) in [6, 6.07) is 0.321. The molecular weight excluding hydrogens is 290 g/mol. The molecule has 2 atom stereocenters. The lowest BCUT2D eigenvalue weighted by molar-refractivity contribution is 0.178. The Morgan fingerprint density at radius 1 is 1.52 bits per heavy atom. The molecule has 2 unspecified atom stereocenters. The molecule has 1 aliphatic rings. The summed E-state index contributed by atoms with van der Waals surface area (Å²) in [5.41, 5.74) is 5.75. The van der Waals surface area contributed by atoms with Crippen LogP contribution in [0.5, 0.6) is 0 Å². The van der Waals surface area contributed by atoms with E-state index in [2.05, 4.69) is 28.7 Å². The van der Waals surface area contributed by atoms with Gasteiger partial charge in [-0.3, -0.25) is 4.68 Å². The normalized spacial score (nSPS) is 24.3. The molecule has 1 saturated heterocycles. The summed E-state index contributed by atoms with van der Waals surface area (Å²) in [7, 11) is -1.55. The van der Waals surface area contributed by atoms with Gasteiger partial charge in [0, 0.05) is 24.8 Å². The van der Waals surface area contributed by atoms with Crippen molar-refractivity contribution in [3.05, 3.63) is 6.20 Å². The van der Waals surface area contributed by atoms with Gasteiger partial charge >= 0.3 is 0 Å². The molecule has 1 aromatic rings. The summed E-state index contributed by atoms with van der Waals surface area (Å²) in [5, 5.41) is 4.05. The van der Waals surface area contributed by atoms with Crippen molar-refractivity contribution >= 4 is 15.8 Å². The van der Waals surface area contributed by atoms with Crippen molar-refractivity contribution in [3.8, 4) is 0 Å². The lowest BCUT2D eigenvalue weighted by Crippen LogP contribution is -2.47. The SMILES string of the molecule is CCCn1cc(S(=O)(=O)NC2CCN(C)C(C)C2)c(N)n1. The Labute approximate surface area is 126 Å². The van der Waals surface area contributed by atoms with Gasteiger partial charge in [0.2, 0.25) is 10.0 Å². The van der Waals surface area contributed by atoms with Crippen LogP contribution in [0.4, 0.5) is 5.82 Å². The number of nitrogens with two attached hydrogens (primary N) is 1. The van der Waals surface area contributed by atoms with Crippen LogP contribution < -0.4 is 10.5 Å². The van der Waals surface area contributed by atoms with E-state index in [4.69, 9.17) is 5.73 Å². The highest BCUT2D eigenvalue weighted by molar-refractivity contribution is 7.89. The Morgan fingerprint density at radius 2 is 2.24 bits per heavy atom. The third kappa shape index (κ3) is 3.75. The third-order valence-electron chi connectivity index (χ3n) is 4.03. The molecule has 1 fully saturated rings. The van der Waals surface area contributed by atoms with Crippen molar-refractivity contribution in [2.45, 2.75) is 56.6 Å². The highest BCUT2D eigenvalue weighted by Crippen LogP contribution is 2.21. The molecule has 1 aliphatic heterocycles. The minimum Gasteiger partial charge on any atom is -0.381 e. The maximum absolute atomic E-state index is 12.5. The molecule has 2 rings (SSSR count). The van der Waals surface area contributed by atoms with Gasteiger partial charge in [-0.1, -0.05) is 6.92 Å². The van der Waals surface area contributed by atoms with Crippen LogP contribution >= 0.6 is 0 Å².